The van der Waals surface area contributed by atoms with E-state index in [2.05, 4.69) is 17.1 Å². The smallest absolute Gasteiger partial charge is 0.128 e. The molecule has 1 N–H and O–H groups in total. The highest BCUT2D eigenvalue weighted by Crippen LogP contribution is 2.21. The third-order valence-electron chi connectivity index (χ3n) is 3.75. The third kappa shape index (κ3) is 3.22. The quantitative estimate of drug-likeness (QED) is 0.881. The van der Waals surface area contributed by atoms with Gasteiger partial charge in [0.15, 0.2) is 0 Å². The first-order chi connectivity index (χ1) is 8.70. The van der Waals surface area contributed by atoms with E-state index in [4.69, 9.17) is 0 Å². The fraction of sp³-hybridized carbons (Fsp3) is 0.600. The molecule has 0 aliphatic carbocycles. The Balaban J connectivity index is 1.90. The summed E-state index contributed by atoms with van der Waals surface area (Å²) in [5.41, 5.74) is 1.68. The van der Waals surface area contributed by atoms with E-state index in [1.165, 1.54) is 19.0 Å². The van der Waals surface area contributed by atoms with Crippen molar-refractivity contribution in [3.8, 4) is 0 Å². The molecule has 1 aliphatic heterocycles. The Bertz CT molecular complexity index is 384. The molecule has 1 heterocycles. The molecule has 3 heteroatoms. The van der Waals surface area contributed by atoms with Crippen LogP contribution in [0.25, 0.3) is 0 Å². The number of hydrogen-bond acceptors (Lipinski definition) is 2. The molecule has 2 nitrogen and oxygen atoms in total. The maximum Gasteiger partial charge on any atom is 0.128 e. The van der Waals surface area contributed by atoms with E-state index in [0.29, 0.717) is 6.04 Å². The normalized spacial score (nSPS) is 17.9. The van der Waals surface area contributed by atoms with Crippen LogP contribution in [0.2, 0.25) is 0 Å². The van der Waals surface area contributed by atoms with Crippen molar-refractivity contribution in [3.05, 3.63) is 29.6 Å². The summed E-state index contributed by atoms with van der Waals surface area (Å²) in [6, 6.07) is 5.75. The van der Waals surface area contributed by atoms with Gasteiger partial charge in [-0.25, -0.2) is 4.39 Å². The largest absolute Gasteiger partial charge is 0.382 e. The van der Waals surface area contributed by atoms with Crippen LogP contribution in [-0.4, -0.2) is 30.6 Å². The molecule has 0 atom stereocenters. The van der Waals surface area contributed by atoms with E-state index in [9.17, 15) is 4.39 Å². The fourth-order valence-corrected chi connectivity index (χ4v) is 2.60. The zero-order chi connectivity index (χ0) is 13.0. The van der Waals surface area contributed by atoms with E-state index in [0.717, 1.165) is 37.2 Å². The molecular weight excluding hydrogens is 227 g/mol. The minimum absolute atomic E-state index is 0.122. The van der Waals surface area contributed by atoms with Crippen molar-refractivity contribution in [1.29, 1.82) is 0 Å². The van der Waals surface area contributed by atoms with Crippen LogP contribution in [-0.2, 0) is 0 Å². The second-order valence-corrected chi connectivity index (χ2v) is 5.17. The maximum absolute atomic E-state index is 13.4. The summed E-state index contributed by atoms with van der Waals surface area (Å²) in [4.78, 5) is 2.51. The van der Waals surface area contributed by atoms with Gasteiger partial charge in [0.2, 0.25) is 0 Å². The number of benzene rings is 1. The lowest BCUT2D eigenvalue weighted by Gasteiger charge is -2.32. The Kier molecular flexibility index (Phi) is 4.59. The summed E-state index contributed by atoms with van der Waals surface area (Å²) in [5, 5.41) is 3.49. The zero-order valence-electron chi connectivity index (χ0n) is 11.4. The molecule has 0 amide bonds. The number of piperidine rings is 1. The number of nitrogens with zero attached hydrogens (tertiary/aromatic N) is 1. The average Bonchev–Trinajstić information content (AvgIpc) is 2.38. The van der Waals surface area contributed by atoms with Crippen LogP contribution < -0.4 is 5.32 Å². The number of rotatable bonds is 4. The standard InChI is InChI=1S/C15H23FN2/c1-3-9-18-10-7-13(8-11-18)17-15-6-4-5-14(16)12(15)2/h4-6,13,17H,3,7-11H2,1-2H3. The van der Waals surface area contributed by atoms with Gasteiger partial charge in [-0.3, -0.25) is 0 Å². The molecule has 1 saturated heterocycles. The molecule has 1 aromatic carbocycles. The first-order valence-electron chi connectivity index (χ1n) is 6.94. The van der Waals surface area contributed by atoms with Gasteiger partial charge in [0.05, 0.1) is 0 Å². The van der Waals surface area contributed by atoms with Crippen LogP contribution in [0, 0.1) is 12.7 Å². The number of nitrogens with one attached hydrogen (secondary N) is 1. The highest BCUT2D eigenvalue weighted by Gasteiger charge is 2.18. The van der Waals surface area contributed by atoms with Crippen molar-refractivity contribution in [3.63, 3.8) is 0 Å². The summed E-state index contributed by atoms with van der Waals surface area (Å²) in [5.74, 6) is -0.122. The van der Waals surface area contributed by atoms with Gasteiger partial charge in [-0.1, -0.05) is 13.0 Å². The van der Waals surface area contributed by atoms with Crippen molar-refractivity contribution in [1.82, 2.24) is 4.90 Å². The van der Waals surface area contributed by atoms with Gasteiger partial charge in [0, 0.05) is 30.4 Å². The molecule has 2 rings (SSSR count). The monoisotopic (exact) mass is 250 g/mol. The van der Waals surface area contributed by atoms with Gasteiger partial charge in [-0.05, 0) is 44.9 Å². The van der Waals surface area contributed by atoms with E-state index >= 15 is 0 Å². The van der Waals surface area contributed by atoms with E-state index in [1.807, 2.05) is 13.0 Å². The highest BCUT2D eigenvalue weighted by atomic mass is 19.1. The van der Waals surface area contributed by atoms with E-state index < -0.39 is 0 Å². The topological polar surface area (TPSA) is 15.3 Å². The van der Waals surface area contributed by atoms with Crippen molar-refractivity contribution in [2.24, 2.45) is 0 Å². The lowest BCUT2D eigenvalue weighted by atomic mass is 10.0. The summed E-state index contributed by atoms with van der Waals surface area (Å²) in [7, 11) is 0. The van der Waals surface area contributed by atoms with Gasteiger partial charge >= 0.3 is 0 Å². The van der Waals surface area contributed by atoms with Crippen LogP contribution in [0.5, 0.6) is 0 Å². The Hall–Kier alpha value is -1.09. The summed E-state index contributed by atoms with van der Waals surface area (Å²) >= 11 is 0. The van der Waals surface area contributed by atoms with Crippen molar-refractivity contribution in [2.75, 3.05) is 25.0 Å². The molecule has 0 radical (unpaired) electrons. The SMILES string of the molecule is CCCN1CCC(Nc2cccc(F)c2C)CC1. The molecule has 1 aliphatic rings. The Morgan fingerprint density at radius 1 is 1.33 bits per heavy atom. The lowest BCUT2D eigenvalue weighted by molar-refractivity contribution is 0.219. The molecule has 100 valence electrons. The summed E-state index contributed by atoms with van der Waals surface area (Å²) in [6.07, 6.45) is 3.52. The lowest BCUT2D eigenvalue weighted by Crippen LogP contribution is -2.39. The predicted octanol–water partition coefficient (Wildman–Crippen LogP) is 3.42. The van der Waals surface area contributed by atoms with E-state index in [1.54, 1.807) is 6.07 Å². The summed E-state index contributed by atoms with van der Waals surface area (Å²) < 4.78 is 13.4. The highest BCUT2D eigenvalue weighted by molar-refractivity contribution is 5.51. The molecule has 0 saturated carbocycles. The second kappa shape index (κ2) is 6.19. The van der Waals surface area contributed by atoms with Crippen LogP contribution in [0.15, 0.2) is 18.2 Å². The Morgan fingerprint density at radius 2 is 2.06 bits per heavy atom. The number of hydrogen-bond donors (Lipinski definition) is 1. The molecular formula is C15H23FN2. The Morgan fingerprint density at radius 3 is 2.72 bits per heavy atom. The Labute approximate surface area is 109 Å². The summed E-state index contributed by atoms with van der Waals surface area (Å²) in [6.45, 7) is 7.57. The predicted molar refractivity (Wildman–Crippen MR) is 74.5 cm³/mol. The average molecular weight is 250 g/mol. The minimum atomic E-state index is -0.122. The van der Waals surface area contributed by atoms with Gasteiger partial charge in [-0.2, -0.15) is 0 Å². The van der Waals surface area contributed by atoms with Crippen LogP contribution >= 0.6 is 0 Å². The fourth-order valence-electron chi connectivity index (χ4n) is 2.60. The van der Waals surface area contributed by atoms with Crippen LogP contribution in [0.4, 0.5) is 10.1 Å². The van der Waals surface area contributed by atoms with Gasteiger partial charge in [-0.15, -0.1) is 0 Å². The van der Waals surface area contributed by atoms with Gasteiger partial charge in [0.25, 0.3) is 0 Å². The van der Waals surface area contributed by atoms with Gasteiger partial charge in [0.1, 0.15) is 5.82 Å². The van der Waals surface area contributed by atoms with E-state index in [-0.39, 0.29) is 5.82 Å². The number of halogens is 1. The molecule has 0 bridgehead atoms. The van der Waals surface area contributed by atoms with Crippen molar-refractivity contribution in [2.45, 2.75) is 39.2 Å². The van der Waals surface area contributed by atoms with Gasteiger partial charge < -0.3 is 10.2 Å². The van der Waals surface area contributed by atoms with Crippen molar-refractivity contribution >= 4 is 5.69 Å². The number of anilines is 1. The first kappa shape index (κ1) is 13.3. The van der Waals surface area contributed by atoms with Crippen LogP contribution in [0.1, 0.15) is 31.7 Å². The molecule has 0 spiro atoms. The zero-order valence-corrected chi connectivity index (χ0v) is 11.4. The number of likely N-dealkylation sites (tertiary alicyclic amines) is 1. The first-order valence-corrected chi connectivity index (χ1v) is 6.94. The molecule has 18 heavy (non-hydrogen) atoms. The molecule has 0 aromatic heterocycles. The molecule has 1 aromatic rings. The third-order valence-corrected chi connectivity index (χ3v) is 3.75. The molecule has 1 fully saturated rings. The van der Waals surface area contributed by atoms with Crippen LogP contribution in [0.3, 0.4) is 0 Å². The molecule has 0 unspecified atom stereocenters. The minimum Gasteiger partial charge on any atom is -0.382 e. The van der Waals surface area contributed by atoms with Crippen molar-refractivity contribution < 1.29 is 4.39 Å². The second-order valence-electron chi connectivity index (χ2n) is 5.17. The maximum atomic E-state index is 13.4.